The maximum absolute atomic E-state index is 5.20. The van der Waals surface area contributed by atoms with Crippen LogP contribution in [0.1, 0.15) is 58.8 Å². The Bertz CT molecular complexity index is 208. The molecule has 0 rings (SSSR count). The molecule has 0 N–H and O–H groups in total. The van der Waals surface area contributed by atoms with Crippen LogP contribution in [0.2, 0.25) is 0 Å². The van der Waals surface area contributed by atoms with Crippen LogP contribution in [0.5, 0.6) is 0 Å². The molecule has 0 aliphatic heterocycles. The van der Waals surface area contributed by atoms with E-state index in [2.05, 4.69) is 31.6 Å². The molecule has 0 heterocycles. The van der Waals surface area contributed by atoms with Crippen molar-refractivity contribution in [3.8, 4) is 24.2 Å². The number of terminal acetylenes is 1. The molecule has 0 heteroatoms. The van der Waals surface area contributed by atoms with Gasteiger partial charge in [0.1, 0.15) is 0 Å². The summed E-state index contributed by atoms with van der Waals surface area (Å²) in [6, 6.07) is 0. The van der Waals surface area contributed by atoms with E-state index in [0.29, 0.717) is 5.92 Å². The highest BCUT2D eigenvalue weighted by Gasteiger charge is 2.00. The van der Waals surface area contributed by atoms with Crippen LogP contribution in [0.3, 0.4) is 0 Å². The molecule has 0 saturated carbocycles. The molecule has 0 bridgehead atoms. The second-order valence-corrected chi connectivity index (χ2v) is 3.63. The standard InChI is InChI=1S/C14H22/c1-4-7-9-11-13-14(6-3)12-10-8-5-2/h1,14H,5-9,11,13H2,2-3H3. The van der Waals surface area contributed by atoms with E-state index >= 15 is 0 Å². The van der Waals surface area contributed by atoms with Crippen LogP contribution in [-0.4, -0.2) is 0 Å². The van der Waals surface area contributed by atoms with Crippen LogP contribution < -0.4 is 0 Å². The second-order valence-electron chi connectivity index (χ2n) is 3.63. The van der Waals surface area contributed by atoms with Gasteiger partial charge in [-0.15, -0.1) is 18.3 Å². The lowest BCUT2D eigenvalue weighted by atomic mass is 9.99. The van der Waals surface area contributed by atoms with Gasteiger partial charge in [0.25, 0.3) is 0 Å². The van der Waals surface area contributed by atoms with Gasteiger partial charge in [-0.05, 0) is 25.7 Å². The summed E-state index contributed by atoms with van der Waals surface area (Å²) in [5.41, 5.74) is 0. The van der Waals surface area contributed by atoms with Crippen LogP contribution in [0.4, 0.5) is 0 Å². The molecule has 0 aliphatic carbocycles. The second kappa shape index (κ2) is 10.2. The summed E-state index contributed by atoms with van der Waals surface area (Å²) in [7, 11) is 0. The van der Waals surface area contributed by atoms with Crippen LogP contribution in [0.25, 0.3) is 0 Å². The van der Waals surface area contributed by atoms with Crippen molar-refractivity contribution in [1.29, 1.82) is 0 Å². The Morgan fingerprint density at radius 1 is 1.14 bits per heavy atom. The first-order valence-electron chi connectivity index (χ1n) is 5.77. The highest BCUT2D eigenvalue weighted by atomic mass is 14.0. The number of hydrogen-bond donors (Lipinski definition) is 0. The van der Waals surface area contributed by atoms with E-state index in [1.165, 1.54) is 25.7 Å². The highest BCUT2D eigenvalue weighted by molar-refractivity contribution is 5.03. The zero-order chi connectivity index (χ0) is 10.6. The Hall–Kier alpha value is -0.880. The normalized spacial score (nSPS) is 11.2. The van der Waals surface area contributed by atoms with Gasteiger partial charge in [-0.3, -0.25) is 0 Å². The van der Waals surface area contributed by atoms with Crippen LogP contribution >= 0.6 is 0 Å². The minimum atomic E-state index is 0.597. The van der Waals surface area contributed by atoms with Crippen molar-refractivity contribution in [2.45, 2.75) is 58.8 Å². The van der Waals surface area contributed by atoms with Crippen molar-refractivity contribution < 1.29 is 0 Å². The average molecular weight is 190 g/mol. The Balaban J connectivity index is 3.60. The van der Waals surface area contributed by atoms with Crippen molar-refractivity contribution >= 4 is 0 Å². The highest BCUT2D eigenvalue weighted by Crippen LogP contribution is 2.12. The molecule has 0 saturated heterocycles. The molecule has 1 atom stereocenters. The zero-order valence-electron chi connectivity index (χ0n) is 9.60. The minimum Gasteiger partial charge on any atom is -0.120 e. The summed E-state index contributed by atoms with van der Waals surface area (Å²) in [5.74, 6) is 9.85. The first-order chi connectivity index (χ1) is 6.85. The van der Waals surface area contributed by atoms with Crippen molar-refractivity contribution in [3.63, 3.8) is 0 Å². The molecule has 0 amide bonds. The van der Waals surface area contributed by atoms with E-state index in [-0.39, 0.29) is 0 Å². The van der Waals surface area contributed by atoms with E-state index < -0.39 is 0 Å². The third-order valence-electron chi connectivity index (χ3n) is 2.30. The maximum Gasteiger partial charge on any atom is 0.0200 e. The molecule has 0 fully saturated rings. The van der Waals surface area contributed by atoms with Crippen molar-refractivity contribution in [1.82, 2.24) is 0 Å². The smallest absolute Gasteiger partial charge is 0.0200 e. The predicted octanol–water partition coefficient (Wildman–Crippen LogP) is 4.01. The lowest BCUT2D eigenvalue weighted by Crippen LogP contribution is -1.94. The lowest BCUT2D eigenvalue weighted by Gasteiger charge is -2.05. The molecule has 0 nitrogen and oxygen atoms in total. The van der Waals surface area contributed by atoms with Gasteiger partial charge in [-0.2, -0.15) is 0 Å². The van der Waals surface area contributed by atoms with Gasteiger partial charge in [0, 0.05) is 18.8 Å². The molecule has 1 unspecified atom stereocenters. The fraction of sp³-hybridized carbons (Fsp3) is 0.714. The molecule has 0 aromatic heterocycles. The predicted molar refractivity (Wildman–Crippen MR) is 63.8 cm³/mol. The average Bonchev–Trinajstić information content (AvgIpc) is 2.22. The van der Waals surface area contributed by atoms with Crippen molar-refractivity contribution in [2.24, 2.45) is 5.92 Å². The molecule has 0 spiro atoms. The van der Waals surface area contributed by atoms with E-state index in [9.17, 15) is 0 Å². The quantitative estimate of drug-likeness (QED) is 0.438. The Morgan fingerprint density at radius 3 is 2.50 bits per heavy atom. The summed E-state index contributed by atoms with van der Waals surface area (Å²) in [4.78, 5) is 0. The molecule has 78 valence electrons. The monoisotopic (exact) mass is 190 g/mol. The van der Waals surface area contributed by atoms with Gasteiger partial charge >= 0.3 is 0 Å². The Labute approximate surface area is 89.5 Å². The third-order valence-corrected chi connectivity index (χ3v) is 2.30. The molecular weight excluding hydrogens is 168 g/mol. The van der Waals surface area contributed by atoms with Crippen LogP contribution in [-0.2, 0) is 0 Å². The first kappa shape index (κ1) is 13.1. The molecule has 0 radical (unpaired) electrons. The minimum absolute atomic E-state index is 0.597. The van der Waals surface area contributed by atoms with Gasteiger partial charge in [-0.1, -0.05) is 26.2 Å². The molecule has 0 aromatic carbocycles. The SMILES string of the molecule is C#CCCCCC(C#CCCC)CC. The van der Waals surface area contributed by atoms with Gasteiger partial charge in [0.2, 0.25) is 0 Å². The third kappa shape index (κ3) is 7.75. The van der Waals surface area contributed by atoms with E-state index in [1.54, 1.807) is 0 Å². The molecule has 0 aliphatic rings. The summed E-state index contributed by atoms with van der Waals surface area (Å²) in [6.45, 7) is 4.38. The Morgan fingerprint density at radius 2 is 1.93 bits per heavy atom. The van der Waals surface area contributed by atoms with Gasteiger partial charge in [0.15, 0.2) is 0 Å². The topological polar surface area (TPSA) is 0 Å². The summed E-state index contributed by atoms with van der Waals surface area (Å²) in [5, 5.41) is 0. The fourth-order valence-electron chi connectivity index (χ4n) is 1.34. The van der Waals surface area contributed by atoms with Crippen LogP contribution in [0, 0.1) is 30.1 Å². The zero-order valence-corrected chi connectivity index (χ0v) is 9.60. The van der Waals surface area contributed by atoms with E-state index in [0.717, 1.165) is 19.3 Å². The fourth-order valence-corrected chi connectivity index (χ4v) is 1.34. The van der Waals surface area contributed by atoms with E-state index in [1.807, 2.05) is 0 Å². The van der Waals surface area contributed by atoms with Gasteiger partial charge < -0.3 is 0 Å². The summed E-state index contributed by atoms with van der Waals surface area (Å²) < 4.78 is 0. The number of hydrogen-bond acceptors (Lipinski definition) is 0. The van der Waals surface area contributed by atoms with Gasteiger partial charge in [-0.25, -0.2) is 0 Å². The van der Waals surface area contributed by atoms with Gasteiger partial charge in [0.05, 0.1) is 0 Å². The molecule has 14 heavy (non-hydrogen) atoms. The summed E-state index contributed by atoms with van der Waals surface area (Å²) in [6.07, 6.45) is 13.1. The van der Waals surface area contributed by atoms with Crippen LogP contribution in [0.15, 0.2) is 0 Å². The number of unbranched alkanes of at least 4 members (excludes halogenated alkanes) is 3. The van der Waals surface area contributed by atoms with Crippen molar-refractivity contribution in [3.05, 3.63) is 0 Å². The summed E-state index contributed by atoms with van der Waals surface area (Å²) >= 11 is 0. The largest absolute Gasteiger partial charge is 0.120 e. The molecule has 0 aromatic rings. The number of rotatable bonds is 6. The van der Waals surface area contributed by atoms with E-state index in [4.69, 9.17) is 6.42 Å². The lowest BCUT2D eigenvalue weighted by molar-refractivity contribution is 0.548. The van der Waals surface area contributed by atoms with Crippen molar-refractivity contribution in [2.75, 3.05) is 0 Å². The Kier molecular flexibility index (Phi) is 9.56. The maximum atomic E-state index is 5.20. The first-order valence-corrected chi connectivity index (χ1v) is 5.77. The molecular formula is C14H22.